The molecule has 0 aromatic carbocycles. The first-order valence-electron chi connectivity index (χ1n) is 10.5. The highest BCUT2D eigenvalue weighted by Crippen LogP contribution is 2.69. The van der Waals surface area contributed by atoms with Gasteiger partial charge in [0.25, 0.3) is 0 Å². The van der Waals surface area contributed by atoms with Gasteiger partial charge in [-0.1, -0.05) is 27.7 Å². The van der Waals surface area contributed by atoms with Gasteiger partial charge < -0.3 is 5.11 Å². The largest absolute Gasteiger partial charge is 0.389 e. The summed E-state index contributed by atoms with van der Waals surface area (Å²) in [5, 5.41) is 11.3. The predicted octanol–water partition coefficient (Wildman–Crippen LogP) is 4.99. The molecule has 136 valence electrons. The SMILES string of the molecule is CC[C@]1(O)CC[C@H]2[C@@H]3CC[C@H]4CC(=O)C[C@H](C)[C@]4(C)[C@H]3CC[C@@]21C. The van der Waals surface area contributed by atoms with Crippen molar-refractivity contribution in [3.05, 3.63) is 0 Å². The summed E-state index contributed by atoms with van der Waals surface area (Å²) >= 11 is 0. The normalized spacial score (nSPS) is 57.2. The number of rotatable bonds is 1. The molecular weight excluding hydrogens is 296 g/mol. The Balaban J connectivity index is 1.67. The Hall–Kier alpha value is -0.370. The minimum atomic E-state index is -0.436. The van der Waals surface area contributed by atoms with Crippen LogP contribution in [0.4, 0.5) is 0 Å². The monoisotopic (exact) mass is 332 g/mol. The minimum Gasteiger partial charge on any atom is -0.389 e. The van der Waals surface area contributed by atoms with Crippen LogP contribution in [-0.2, 0) is 4.79 Å². The summed E-state index contributed by atoms with van der Waals surface area (Å²) in [6.07, 6.45) is 9.76. The van der Waals surface area contributed by atoms with Crippen LogP contribution >= 0.6 is 0 Å². The molecule has 0 aliphatic heterocycles. The van der Waals surface area contributed by atoms with Gasteiger partial charge in [-0.05, 0) is 85.4 Å². The zero-order valence-electron chi connectivity index (χ0n) is 16.1. The van der Waals surface area contributed by atoms with E-state index in [1.54, 1.807) is 0 Å². The van der Waals surface area contributed by atoms with Crippen molar-refractivity contribution in [2.24, 2.45) is 40.4 Å². The molecule has 0 unspecified atom stereocenters. The zero-order chi connectivity index (χ0) is 17.3. The van der Waals surface area contributed by atoms with Gasteiger partial charge in [-0.15, -0.1) is 0 Å². The summed E-state index contributed by atoms with van der Waals surface area (Å²) in [6, 6.07) is 0. The lowest BCUT2D eigenvalue weighted by molar-refractivity contribution is -0.168. The van der Waals surface area contributed by atoms with Crippen molar-refractivity contribution >= 4 is 5.78 Å². The maximum Gasteiger partial charge on any atom is 0.133 e. The molecule has 0 bridgehead atoms. The van der Waals surface area contributed by atoms with E-state index < -0.39 is 5.60 Å². The van der Waals surface area contributed by atoms with Crippen LogP contribution in [-0.4, -0.2) is 16.5 Å². The van der Waals surface area contributed by atoms with Crippen LogP contribution in [0.25, 0.3) is 0 Å². The quantitative estimate of drug-likeness (QED) is 0.735. The first-order chi connectivity index (χ1) is 11.3. The number of hydrogen-bond acceptors (Lipinski definition) is 2. The van der Waals surface area contributed by atoms with Gasteiger partial charge >= 0.3 is 0 Å². The summed E-state index contributed by atoms with van der Waals surface area (Å²) in [5.74, 6) is 3.91. The van der Waals surface area contributed by atoms with Crippen molar-refractivity contribution in [2.45, 2.75) is 91.1 Å². The lowest BCUT2D eigenvalue weighted by atomic mass is 9.42. The molecule has 1 N–H and O–H groups in total. The predicted molar refractivity (Wildman–Crippen MR) is 96.5 cm³/mol. The highest BCUT2D eigenvalue weighted by Gasteiger charge is 2.64. The summed E-state index contributed by atoms with van der Waals surface area (Å²) in [7, 11) is 0. The summed E-state index contributed by atoms with van der Waals surface area (Å²) in [5.41, 5.74) is 0.0411. The molecule has 0 radical (unpaired) electrons. The molecule has 24 heavy (non-hydrogen) atoms. The maximum absolute atomic E-state index is 12.2. The van der Waals surface area contributed by atoms with Gasteiger partial charge in [-0.2, -0.15) is 0 Å². The lowest BCUT2D eigenvalue weighted by Crippen LogP contribution is -2.58. The second kappa shape index (κ2) is 5.32. The average molecular weight is 333 g/mol. The molecule has 4 fully saturated rings. The van der Waals surface area contributed by atoms with Crippen molar-refractivity contribution in [3.8, 4) is 0 Å². The fourth-order valence-corrected chi connectivity index (χ4v) is 8.17. The highest BCUT2D eigenvalue weighted by atomic mass is 16.3. The number of carbonyl (C=O) groups excluding carboxylic acids is 1. The lowest BCUT2D eigenvalue weighted by Gasteiger charge is -2.62. The molecule has 2 nitrogen and oxygen atoms in total. The van der Waals surface area contributed by atoms with Crippen LogP contribution < -0.4 is 0 Å². The third kappa shape index (κ3) is 1.95. The summed E-state index contributed by atoms with van der Waals surface area (Å²) in [4.78, 5) is 12.2. The molecule has 4 aliphatic carbocycles. The van der Waals surface area contributed by atoms with Crippen molar-refractivity contribution in [1.82, 2.24) is 0 Å². The van der Waals surface area contributed by atoms with Gasteiger partial charge in [0.1, 0.15) is 5.78 Å². The van der Waals surface area contributed by atoms with Gasteiger partial charge in [0.15, 0.2) is 0 Å². The molecule has 4 rings (SSSR count). The highest BCUT2D eigenvalue weighted by molar-refractivity contribution is 5.80. The van der Waals surface area contributed by atoms with Crippen LogP contribution in [0, 0.1) is 40.4 Å². The molecule has 0 amide bonds. The zero-order valence-corrected chi connectivity index (χ0v) is 16.1. The van der Waals surface area contributed by atoms with Crippen molar-refractivity contribution in [1.29, 1.82) is 0 Å². The first kappa shape index (κ1) is 17.1. The second-order valence-corrected chi connectivity index (χ2v) is 10.2. The van der Waals surface area contributed by atoms with E-state index in [0.29, 0.717) is 29.0 Å². The van der Waals surface area contributed by atoms with Gasteiger partial charge in [0.2, 0.25) is 0 Å². The molecular formula is C22H36O2. The third-order valence-electron chi connectivity index (χ3n) is 9.94. The number of aliphatic hydroxyl groups is 1. The molecule has 0 aromatic heterocycles. The van der Waals surface area contributed by atoms with Crippen molar-refractivity contribution < 1.29 is 9.90 Å². The van der Waals surface area contributed by atoms with E-state index in [9.17, 15) is 9.90 Å². The van der Waals surface area contributed by atoms with Gasteiger partial charge in [0.05, 0.1) is 5.60 Å². The molecule has 4 aliphatic rings. The summed E-state index contributed by atoms with van der Waals surface area (Å²) in [6.45, 7) is 9.44. The fraction of sp³-hybridized carbons (Fsp3) is 0.955. The maximum atomic E-state index is 12.2. The minimum absolute atomic E-state index is 0.125. The Kier molecular flexibility index (Phi) is 3.78. The smallest absolute Gasteiger partial charge is 0.133 e. The van der Waals surface area contributed by atoms with Crippen LogP contribution in [0.5, 0.6) is 0 Å². The fourth-order valence-electron chi connectivity index (χ4n) is 8.17. The molecule has 8 atom stereocenters. The molecule has 2 heteroatoms. The van der Waals surface area contributed by atoms with Crippen molar-refractivity contribution in [2.75, 3.05) is 0 Å². The van der Waals surface area contributed by atoms with E-state index in [4.69, 9.17) is 0 Å². The van der Waals surface area contributed by atoms with E-state index in [1.165, 1.54) is 32.1 Å². The molecule has 0 heterocycles. The molecule has 4 saturated carbocycles. The number of Topliss-reactive ketones (excluding diaryl/α,β-unsaturated/α-hetero) is 1. The number of fused-ring (bicyclic) bond motifs is 5. The Morgan fingerprint density at radius 3 is 2.46 bits per heavy atom. The van der Waals surface area contributed by atoms with Crippen LogP contribution in [0.3, 0.4) is 0 Å². The molecule has 0 saturated heterocycles. The Morgan fingerprint density at radius 2 is 1.75 bits per heavy atom. The van der Waals surface area contributed by atoms with Gasteiger partial charge in [-0.3, -0.25) is 4.79 Å². The number of hydrogen-bond donors (Lipinski definition) is 1. The van der Waals surface area contributed by atoms with Gasteiger partial charge in [-0.25, -0.2) is 0 Å². The van der Waals surface area contributed by atoms with Gasteiger partial charge in [0, 0.05) is 12.8 Å². The van der Waals surface area contributed by atoms with Crippen LogP contribution in [0.2, 0.25) is 0 Å². The Bertz CT molecular complexity index is 542. The van der Waals surface area contributed by atoms with Crippen LogP contribution in [0.15, 0.2) is 0 Å². The van der Waals surface area contributed by atoms with E-state index in [1.807, 2.05) is 0 Å². The first-order valence-corrected chi connectivity index (χ1v) is 10.5. The van der Waals surface area contributed by atoms with E-state index in [-0.39, 0.29) is 5.41 Å². The Morgan fingerprint density at radius 1 is 1.04 bits per heavy atom. The Labute approximate surface area is 147 Å². The topological polar surface area (TPSA) is 37.3 Å². The van der Waals surface area contributed by atoms with E-state index >= 15 is 0 Å². The molecule has 0 spiro atoms. The number of ketones is 1. The standard InChI is InChI=1S/C22H36O2/c1-5-22(24)11-9-18-17-7-6-15-13-16(23)12-14(2)21(15,4)19(17)8-10-20(18,22)3/h14-15,17-19,24H,5-13H2,1-4H3/t14-,15-,17-,18-,19-,20-,21-,22-/m0/s1. The summed E-state index contributed by atoms with van der Waals surface area (Å²) < 4.78 is 0. The van der Waals surface area contributed by atoms with E-state index in [0.717, 1.165) is 37.5 Å². The average Bonchev–Trinajstić information content (AvgIpc) is 2.81. The molecule has 0 aromatic rings. The van der Waals surface area contributed by atoms with Crippen LogP contribution in [0.1, 0.15) is 85.5 Å². The third-order valence-corrected chi connectivity index (χ3v) is 9.94. The van der Waals surface area contributed by atoms with E-state index in [2.05, 4.69) is 27.7 Å². The second-order valence-electron chi connectivity index (χ2n) is 10.2. The number of carbonyl (C=O) groups is 1. The van der Waals surface area contributed by atoms with Crippen molar-refractivity contribution in [3.63, 3.8) is 0 Å².